The van der Waals surface area contributed by atoms with E-state index in [0.29, 0.717) is 5.75 Å². The van der Waals surface area contributed by atoms with Gasteiger partial charge >= 0.3 is 6.09 Å². The Kier molecular flexibility index (Phi) is 6.54. The lowest BCUT2D eigenvalue weighted by molar-refractivity contribution is 0.0463. The van der Waals surface area contributed by atoms with E-state index in [1.165, 1.54) is 0 Å². The lowest BCUT2D eigenvalue weighted by atomic mass is 10.2. The zero-order valence-corrected chi connectivity index (χ0v) is 14.0. The smallest absolute Gasteiger partial charge is 0.407 e. The third-order valence-electron chi connectivity index (χ3n) is 2.14. The zero-order chi connectivity index (χ0) is 15.2. The highest BCUT2D eigenvalue weighted by atomic mass is 127. The highest BCUT2D eigenvalue weighted by molar-refractivity contribution is 14.1. The minimum Gasteiger partial charge on any atom is -0.491 e. The molecule has 0 saturated carbocycles. The number of halogens is 1. The predicted molar refractivity (Wildman–Crippen MR) is 84.9 cm³/mol. The van der Waals surface area contributed by atoms with Gasteiger partial charge < -0.3 is 19.9 Å². The predicted octanol–water partition coefficient (Wildman–Crippen LogP) is 2.56. The van der Waals surface area contributed by atoms with Gasteiger partial charge in [0.2, 0.25) is 0 Å². The number of carbonyl (C=O) groups is 1. The van der Waals surface area contributed by atoms with Crippen molar-refractivity contribution >= 4 is 28.7 Å². The summed E-state index contributed by atoms with van der Waals surface area (Å²) >= 11 is 2.20. The van der Waals surface area contributed by atoms with Crippen molar-refractivity contribution in [1.82, 2.24) is 5.32 Å². The number of ether oxygens (including phenoxy) is 2. The maximum absolute atomic E-state index is 11.4. The summed E-state index contributed by atoms with van der Waals surface area (Å²) in [7, 11) is 0. The van der Waals surface area contributed by atoms with Gasteiger partial charge in [-0.15, -0.1) is 0 Å². The van der Waals surface area contributed by atoms with Gasteiger partial charge in [-0.25, -0.2) is 4.79 Å². The molecular weight excluding hydrogens is 373 g/mol. The Hall–Kier alpha value is -1.02. The Balaban J connectivity index is 2.25. The van der Waals surface area contributed by atoms with E-state index < -0.39 is 17.8 Å². The second-order valence-electron chi connectivity index (χ2n) is 5.30. The van der Waals surface area contributed by atoms with E-state index in [-0.39, 0.29) is 13.2 Å². The average molecular weight is 393 g/mol. The van der Waals surface area contributed by atoms with Gasteiger partial charge in [0.15, 0.2) is 0 Å². The van der Waals surface area contributed by atoms with Crippen LogP contribution in [-0.4, -0.2) is 36.1 Å². The number of benzene rings is 1. The molecule has 0 aliphatic carbocycles. The van der Waals surface area contributed by atoms with Crippen LogP contribution in [-0.2, 0) is 4.74 Å². The van der Waals surface area contributed by atoms with Gasteiger partial charge in [0.25, 0.3) is 0 Å². The summed E-state index contributed by atoms with van der Waals surface area (Å²) in [5.41, 5.74) is -0.549. The van der Waals surface area contributed by atoms with Crippen molar-refractivity contribution in [3.8, 4) is 5.75 Å². The molecule has 1 rings (SSSR count). The van der Waals surface area contributed by atoms with Crippen molar-refractivity contribution < 1.29 is 19.4 Å². The van der Waals surface area contributed by atoms with E-state index in [0.717, 1.165) is 3.57 Å². The lowest BCUT2D eigenvalue weighted by Gasteiger charge is -2.20. The van der Waals surface area contributed by atoms with Gasteiger partial charge in [-0.05, 0) is 67.6 Å². The van der Waals surface area contributed by atoms with Crippen molar-refractivity contribution in [1.29, 1.82) is 0 Å². The van der Waals surface area contributed by atoms with Crippen LogP contribution in [0.15, 0.2) is 24.3 Å². The number of aliphatic hydroxyl groups excluding tert-OH is 1. The lowest BCUT2D eigenvalue weighted by Crippen LogP contribution is -2.38. The Labute approximate surface area is 132 Å². The van der Waals surface area contributed by atoms with Crippen LogP contribution in [0.1, 0.15) is 20.8 Å². The molecule has 1 aromatic carbocycles. The first-order valence-corrected chi connectivity index (χ1v) is 7.37. The molecule has 0 aliphatic rings. The van der Waals surface area contributed by atoms with E-state index in [4.69, 9.17) is 9.47 Å². The summed E-state index contributed by atoms with van der Waals surface area (Å²) in [6.07, 6.45) is -1.34. The molecule has 112 valence electrons. The third-order valence-corrected chi connectivity index (χ3v) is 2.86. The standard InChI is InChI=1S/C14H20INO4/c1-14(2,3)20-13(18)16-8-11(17)9-19-12-6-4-10(15)5-7-12/h4-7,11,17H,8-9H2,1-3H3,(H,16,18). The minimum atomic E-state index is -0.790. The van der Waals surface area contributed by atoms with Crippen LogP contribution in [0, 0.1) is 3.57 Å². The second-order valence-corrected chi connectivity index (χ2v) is 6.55. The Bertz CT molecular complexity index is 428. The normalized spacial score (nSPS) is 12.7. The number of rotatable bonds is 5. The number of hydrogen-bond donors (Lipinski definition) is 2. The highest BCUT2D eigenvalue weighted by Gasteiger charge is 2.16. The molecule has 2 N–H and O–H groups in total. The summed E-state index contributed by atoms with van der Waals surface area (Å²) < 4.78 is 11.6. The topological polar surface area (TPSA) is 67.8 Å². The highest BCUT2D eigenvalue weighted by Crippen LogP contribution is 2.13. The van der Waals surface area contributed by atoms with E-state index in [2.05, 4.69) is 27.9 Å². The van der Waals surface area contributed by atoms with Gasteiger partial charge in [0, 0.05) is 3.57 Å². The van der Waals surface area contributed by atoms with E-state index in [1.54, 1.807) is 20.8 Å². The molecule has 5 nitrogen and oxygen atoms in total. The summed E-state index contributed by atoms with van der Waals surface area (Å²) in [5, 5.41) is 12.2. The average Bonchev–Trinajstić information content (AvgIpc) is 2.33. The van der Waals surface area contributed by atoms with Crippen LogP contribution in [0.25, 0.3) is 0 Å². The van der Waals surface area contributed by atoms with Gasteiger partial charge in [0.05, 0.1) is 6.54 Å². The number of hydrogen-bond acceptors (Lipinski definition) is 4. The number of nitrogens with one attached hydrogen (secondary N) is 1. The summed E-state index contributed by atoms with van der Waals surface area (Å²) in [5.74, 6) is 0.682. The molecule has 0 bridgehead atoms. The van der Waals surface area contributed by atoms with Crippen molar-refractivity contribution in [2.24, 2.45) is 0 Å². The molecule has 0 aliphatic heterocycles. The van der Waals surface area contributed by atoms with Gasteiger partial charge in [0.1, 0.15) is 24.1 Å². The third kappa shape index (κ3) is 7.54. The minimum absolute atomic E-state index is 0.0826. The molecule has 0 radical (unpaired) electrons. The molecule has 6 heteroatoms. The molecule has 1 aromatic rings. The second kappa shape index (κ2) is 7.68. The van der Waals surface area contributed by atoms with Gasteiger partial charge in [-0.2, -0.15) is 0 Å². The fourth-order valence-electron chi connectivity index (χ4n) is 1.30. The first kappa shape index (κ1) is 17.0. The molecule has 0 aromatic heterocycles. The summed E-state index contributed by atoms with van der Waals surface area (Å²) in [6, 6.07) is 7.49. The van der Waals surface area contributed by atoms with Crippen molar-refractivity contribution in [2.45, 2.75) is 32.5 Å². The molecule has 1 unspecified atom stereocenters. The van der Waals surface area contributed by atoms with Crippen LogP contribution in [0.4, 0.5) is 4.79 Å². The van der Waals surface area contributed by atoms with E-state index in [1.807, 2.05) is 24.3 Å². The molecule has 20 heavy (non-hydrogen) atoms. The SMILES string of the molecule is CC(C)(C)OC(=O)NCC(O)COc1ccc(I)cc1. The first-order chi connectivity index (χ1) is 9.26. The maximum Gasteiger partial charge on any atom is 0.407 e. The zero-order valence-electron chi connectivity index (χ0n) is 11.9. The number of carbonyl (C=O) groups excluding carboxylic acids is 1. The molecule has 0 fully saturated rings. The monoisotopic (exact) mass is 393 g/mol. The summed E-state index contributed by atoms with van der Waals surface area (Å²) in [6.45, 7) is 5.53. The Morgan fingerprint density at radius 1 is 1.35 bits per heavy atom. The number of alkyl carbamates (subject to hydrolysis) is 1. The van der Waals surface area contributed by atoms with Crippen LogP contribution in [0.2, 0.25) is 0 Å². The quantitative estimate of drug-likeness (QED) is 0.755. The number of amides is 1. The van der Waals surface area contributed by atoms with Crippen LogP contribution in [0.5, 0.6) is 5.75 Å². The van der Waals surface area contributed by atoms with Crippen molar-refractivity contribution in [3.63, 3.8) is 0 Å². The van der Waals surface area contributed by atoms with Crippen LogP contribution < -0.4 is 10.1 Å². The first-order valence-electron chi connectivity index (χ1n) is 6.29. The Morgan fingerprint density at radius 3 is 2.50 bits per heavy atom. The largest absolute Gasteiger partial charge is 0.491 e. The molecule has 1 amide bonds. The molecular formula is C14H20INO4. The van der Waals surface area contributed by atoms with Crippen molar-refractivity contribution in [3.05, 3.63) is 27.8 Å². The fourth-order valence-corrected chi connectivity index (χ4v) is 1.66. The maximum atomic E-state index is 11.4. The van der Waals surface area contributed by atoms with E-state index >= 15 is 0 Å². The van der Waals surface area contributed by atoms with Crippen LogP contribution >= 0.6 is 22.6 Å². The molecule has 0 saturated heterocycles. The molecule has 1 atom stereocenters. The van der Waals surface area contributed by atoms with Gasteiger partial charge in [-0.1, -0.05) is 0 Å². The van der Waals surface area contributed by atoms with E-state index in [9.17, 15) is 9.90 Å². The number of aliphatic hydroxyl groups is 1. The Morgan fingerprint density at radius 2 is 1.95 bits per heavy atom. The summed E-state index contributed by atoms with van der Waals surface area (Å²) in [4.78, 5) is 11.4. The van der Waals surface area contributed by atoms with Crippen LogP contribution in [0.3, 0.4) is 0 Å². The van der Waals surface area contributed by atoms with Gasteiger partial charge in [-0.3, -0.25) is 0 Å². The fraction of sp³-hybridized carbons (Fsp3) is 0.500. The van der Waals surface area contributed by atoms with Crippen molar-refractivity contribution in [2.75, 3.05) is 13.2 Å². The molecule has 0 spiro atoms. The molecule has 0 heterocycles.